The fourth-order valence-corrected chi connectivity index (χ4v) is 1.63. The predicted octanol–water partition coefficient (Wildman–Crippen LogP) is 1.22. The van der Waals surface area contributed by atoms with Crippen LogP contribution in [0, 0.1) is 17.1 Å². The van der Waals surface area contributed by atoms with Crippen molar-refractivity contribution in [1.29, 1.82) is 5.26 Å². The van der Waals surface area contributed by atoms with Gasteiger partial charge in [-0.15, -0.1) is 0 Å². The van der Waals surface area contributed by atoms with Crippen molar-refractivity contribution in [3.8, 4) is 6.07 Å². The van der Waals surface area contributed by atoms with Gasteiger partial charge in [0, 0.05) is 6.20 Å². The molecule has 0 radical (unpaired) electrons. The van der Waals surface area contributed by atoms with Gasteiger partial charge in [-0.3, -0.25) is 4.68 Å². The summed E-state index contributed by atoms with van der Waals surface area (Å²) in [6.45, 7) is 0.201. The predicted molar refractivity (Wildman–Crippen MR) is 63.8 cm³/mol. The minimum Gasteiger partial charge on any atom is -0.476 e. The highest BCUT2D eigenvalue weighted by molar-refractivity contribution is 5.91. The molecule has 0 aliphatic carbocycles. The third kappa shape index (κ3) is 2.52. The number of hydrogen-bond acceptors (Lipinski definition) is 4. The zero-order valence-electron chi connectivity index (χ0n) is 9.67. The molecule has 2 aromatic rings. The van der Waals surface area contributed by atoms with Gasteiger partial charge in [-0.25, -0.2) is 9.18 Å². The van der Waals surface area contributed by atoms with Gasteiger partial charge >= 0.3 is 5.97 Å². The lowest BCUT2D eigenvalue weighted by molar-refractivity contribution is 0.0690. The van der Waals surface area contributed by atoms with Gasteiger partial charge in [0.05, 0.1) is 17.8 Å². The summed E-state index contributed by atoms with van der Waals surface area (Å²) in [6, 6.07) is 5.79. The zero-order chi connectivity index (χ0) is 14.0. The van der Waals surface area contributed by atoms with Gasteiger partial charge in [-0.1, -0.05) is 6.07 Å². The van der Waals surface area contributed by atoms with Gasteiger partial charge in [0.25, 0.3) is 0 Å². The van der Waals surface area contributed by atoms with Crippen molar-refractivity contribution in [3.05, 3.63) is 47.0 Å². The van der Waals surface area contributed by atoms with Gasteiger partial charge in [0.2, 0.25) is 0 Å². The molecule has 1 aromatic carbocycles. The van der Waals surface area contributed by atoms with E-state index in [1.807, 2.05) is 0 Å². The fourth-order valence-electron chi connectivity index (χ4n) is 1.63. The molecule has 96 valence electrons. The van der Waals surface area contributed by atoms with Gasteiger partial charge in [-0.05, 0) is 17.7 Å². The monoisotopic (exact) mass is 260 g/mol. The average molecular weight is 260 g/mol. The fraction of sp³-hybridized carbons (Fsp3) is 0.0833. The number of nitriles is 1. The van der Waals surface area contributed by atoms with Crippen molar-refractivity contribution in [1.82, 2.24) is 9.78 Å². The minimum absolute atomic E-state index is 0.0510. The Morgan fingerprint density at radius 3 is 2.89 bits per heavy atom. The highest BCUT2D eigenvalue weighted by atomic mass is 19.1. The first-order valence-corrected chi connectivity index (χ1v) is 5.26. The van der Waals surface area contributed by atoms with Crippen LogP contribution in [-0.2, 0) is 6.54 Å². The summed E-state index contributed by atoms with van der Waals surface area (Å²) in [5, 5.41) is 21.3. The van der Waals surface area contributed by atoms with Crippen LogP contribution in [0.3, 0.4) is 0 Å². The SMILES string of the molecule is N#Cc1cc(Cn2cc(N)c(C(=O)O)n2)ccc1F. The largest absolute Gasteiger partial charge is 0.476 e. The number of rotatable bonds is 3. The second kappa shape index (κ2) is 4.78. The molecule has 0 amide bonds. The van der Waals surface area contributed by atoms with Crippen LogP contribution in [0.5, 0.6) is 0 Å². The van der Waals surface area contributed by atoms with E-state index in [1.165, 1.54) is 29.1 Å². The van der Waals surface area contributed by atoms with Gasteiger partial charge in [-0.2, -0.15) is 10.4 Å². The van der Waals surface area contributed by atoms with E-state index in [1.54, 1.807) is 6.07 Å². The summed E-state index contributed by atoms with van der Waals surface area (Å²) in [4.78, 5) is 10.8. The number of nitrogens with zero attached hydrogens (tertiary/aromatic N) is 3. The Bertz CT molecular complexity index is 688. The lowest BCUT2D eigenvalue weighted by Crippen LogP contribution is -2.05. The summed E-state index contributed by atoms with van der Waals surface area (Å²) in [7, 11) is 0. The molecule has 0 saturated carbocycles. The maximum absolute atomic E-state index is 13.1. The topological polar surface area (TPSA) is 105 Å². The molecule has 6 nitrogen and oxygen atoms in total. The number of anilines is 1. The lowest BCUT2D eigenvalue weighted by atomic mass is 10.1. The van der Waals surface area contributed by atoms with Crippen LogP contribution in [0.4, 0.5) is 10.1 Å². The maximum Gasteiger partial charge on any atom is 0.358 e. The second-order valence-electron chi connectivity index (χ2n) is 3.86. The van der Waals surface area contributed by atoms with E-state index in [2.05, 4.69) is 5.10 Å². The van der Waals surface area contributed by atoms with Crippen LogP contribution in [0.1, 0.15) is 21.6 Å². The standard InChI is InChI=1S/C12H9FN4O2/c13-9-2-1-7(3-8(9)4-14)5-17-6-10(15)11(16-17)12(18)19/h1-3,6H,5,15H2,(H,18,19). The molecular weight excluding hydrogens is 251 g/mol. The summed E-state index contributed by atoms with van der Waals surface area (Å²) < 4.78 is 14.5. The molecule has 0 aliphatic rings. The lowest BCUT2D eigenvalue weighted by Gasteiger charge is -2.02. The number of aromatic nitrogens is 2. The molecule has 1 aromatic heterocycles. The molecular formula is C12H9FN4O2. The molecule has 0 bridgehead atoms. The smallest absolute Gasteiger partial charge is 0.358 e. The van der Waals surface area contributed by atoms with Crippen LogP contribution in [0.15, 0.2) is 24.4 Å². The first-order chi connectivity index (χ1) is 9.01. The number of aromatic carboxylic acids is 1. The number of nitrogens with two attached hydrogens (primary N) is 1. The zero-order valence-corrected chi connectivity index (χ0v) is 9.67. The number of halogens is 1. The number of nitrogen functional groups attached to an aromatic ring is 1. The highest BCUT2D eigenvalue weighted by Gasteiger charge is 2.13. The van der Waals surface area contributed by atoms with E-state index in [0.29, 0.717) is 5.56 Å². The molecule has 3 N–H and O–H groups in total. The summed E-state index contributed by atoms with van der Waals surface area (Å²) >= 11 is 0. The maximum atomic E-state index is 13.1. The third-order valence-electron chi connectivity index (χ3n) is 2.49. The van der Waals surface area contributed by atoms with E-state index in [-0.39, 0.29) is 23.5 Å². The molecule has 0 saturated heterocycles. The Morgan fingerprint density at radius 2 is 2.32 bits per heavy atom. The molecule has 2 rings (SSSR count). The normalized spacial score (nSPS) is 10.1. The molecule has 0 spiro atoms. The number of carbonyl (C=O) groups is 1. The molecule has 0 fully saturated rings. The molecule has 0 atom stereocenters. The van der Waals surface area contributed by atoms with Crippen molar-refractivity contribution in [2.24, 2.45) is 0 Å². The molecule has 7 heteroatoms. The Hall–Kier alpha value is -2.88. The van der Waals surface area contributed by atoms with Gasteiger partial charge in [0.15, 0.2) is 5.69 Å². The van der Waals surface area contributed by atoms with E-state index < -0.39 is 11.8 Å². The molecule has 19 heavy (non-hydrogen) atoms. The van der Waals surface area contributed by atoms with E-state index >= 15 is 0 Å². The van der Waals surface area contributed by atoms with Crippen LogP contribution in [-0.4, -0.2) is 20.9 Å². The first kappa shape index (κ1) is 12.6. The Labute approximate surface area is 107 Å². The van der Waals surface area contributed by atoms with Crippen molar-refractivity contribution in [2.45, 2.75) is 6.54 Å². The van der Waals surface area contributed by atoms with Gasteiger partial charge < -0.3 is 10.8 Å². The van der Waals surface area contributed by atoms with Crippen molar-refractivity contribution in [2.75, 3.05) is 5.73 Å². The average Bonchev–Trinajstić information content (AvgIpc) is 2.73. The van der Waals surface area contributed by atoms with E-state index in [0.717, 1.165) is 0 Å². The Balaban J connectivity index is 2.29. The Morgan fingerprint density at radius 1 is 1.58 bits per heavy atom. The van der Waals surface area contributed by atoms with Crippen LogP contribution >= 0.6 is 0 Å². The first-order valence-electron chi connectivity index (χ1n) is 5.26. The third-order valence-corrected chi connectivity index (χ3v) is 2.49. The van der Waals surface area contributed by atoms with E-state index in [4.69, 9.17) is 16.1 Å². The number of carboxylic acid groups (broad SMARTS) is 1. The molecule has 0 aliphatic heterocycles. The quantitative estimate of drug-likeness (QED) is 0.863. The van der Waals surface area contributed by atoms with Crippen LogP contribution in [0.2, 0.25) is 0 Å². The Kier molecular flexibility index (Phi) is 3.16. The van der Waals surface area contributed by atoms with Crippen LogP contribution < -0.4 is 5.73 Å². The number of hydrogen-bond donors (Lipinski definition) is 2. The number of benzene rings is 1. The van der Waals surface area contributed by atoms with E-state index in [9.17, 15) is 9.18 Å². The van der Waals surface area contributed by atoms with Crippen molar-refractivity contribution >= 4 is 11.7 Å². The second-order valence-corrected chi connectivity index (χ2v) is 3.86. The van der Waals surface area contributed by atoms with Crippen LogP contribution in [0.25, 0.3) is 0 Å². The molecule has 0 unspecified atom stereocenters. The highest BCUT2D eigenvalue weighted by Crippen LogP contribution is 2.13. The summed E-state index contributed by atoms with van der Waals surface area (Å²) in [6.07, 6.45) is 1.37. The van der Waals surface area contributed by atoms with Crippen molar-refractivity contribution < 1.29 is 14.3 Å². The molecule has 1 heterocycles. The summed E-state index contributed by atoms with van der Waals surface area (Å²) in [5.74, 6) is -1.81. The van der Waals surface area contributed by atoms with Gasteiger partial charge in [0.1, 0.15) is 11.9 Å². The summed E-state index contributed by atoms with van der Waals surface area (Å²) in [5.41, 5.74) is 5.87. The van der Waals surface area contributed by atoms with Crippen molar-refractivity contribution in [3.63, 3.8) is 0 Å². The number of carboxylic acids is 1. The minimum atomic E-state index is -1.21.